The van der Waals surface area contributed by atoms with Gasteiger partial charge in [0.05, 0.1) is 0 Å². The molecule has 23 heavy (non-hydrogen) atoms. The van der Waals surface area contributed by atoms with Gasteiger partial charge in [-0.05, 0) is 24.3 Å². The van der Waals surface area contributed by atoms with Crippen LogP contribution < -0.4 is 0 Å². The van der Waals surface area contributed by atoms with Crippen molar-refractivity contribution in [2.24, 2.45) is 5.92 Å². The first-order chi connectivity index (χ1) is 10.9. The summed E-state index contributed by atoms with van der Waals surface area (Å²) in [6.45, 7) is 0. The second-order valence-corrected chi connectivity index (χ2v) is 5.30. The summed E-state index contributed by atoms with van der Waals surface area (Å²) in [5.74, 6) is 2.02. The zero-order valence-corrected chi connectivity index (χ0v) is 12.7. The Morgan fingerprint density at radius 3 is 2.22 bits per heavy atom. The maximum atomic E-state index is 13.1. The van der Waals surface area contributed by atoms with Gasteiger partial charge in [-0.1, -0.05) is 53.8 Å². The molecule has 2 aromatic rings. The fourth-order valence-electron chi connectivity index (χ4n) is 1.88. The topological polar surface area (TPSA) is 17.1 Å². The van der Waals surface area contributed by atoms with Gasteiger partial charge < -0.3 is 0 Å². The molecule has 0 aliphatic rings. The van der Waals surface area contributed by atoms with E-state index in [-0.39, 0.29) is 5.56 Å². The Labute approximate surface area is 137 Å². The van der Waals surface area contributed by atoms with Crippen molar-refractivity contribution in [2.75, 3.05) is 0 Å². The van der Waals surface area contributed by atoms with Crippen molar-refractivity contribution in [1.29, 1.82) is 0 Å². The average Bonchev–Trinajstić information content (AvgIpc) is 2.52. The third-order valence-corrected chi connectivity index (χ3v) is 3.37. The SMILES string of the molecule is O=C(C[C@@H](C#Cc1ccc(Cl)cc1)C(F)(F)F)c1ccccc1. The maximum Gasteiger partial charge on any atom is 0.402 e. The molecule has 0 bridgehead atoms. The first kappa shape index (κ1) is 17.1. The van der Waals surface area contributed by atoms with Crippen LogP contribution in [0.15, 0.2) is 54.6 Å². The van der Waals surface area contributed by atoms with Gasteiger partial charge in [0.1, 0.15) is 5.92 Å². The van der Waals surface area contributed by atoms with E-state index in [2.05, 4.69) is 11.8 Å². The van der Waals surface area contributed by atoms with Gasteiger partial charge in [0, 0.05) is 22.6 Å². The fraction of sp³-hybridized carbons (Fsp3) is 0.167. The summed E-state index contributed by atoms with van der Waals surface area (Å²) >= 11 is 5.71. The smallest absolute Gasteiger partial charge is 0.294 e. The van der Waals surface area contributed by atoms with Gasteiger partial charge >= 0.3 is 6.18 Å². The monoisotopic (exact) mass is 336 g/mol. The second kappa shape index (κ2) is 7.34. The highest BCUT2D eigenvalue weighted by atomic mass is 35.5. The molecule has 118 valence electrons. The number of benzene rings is 2. The molecule has 2 aromatic carbocycles. The van der Waals surface area contributed by atoms with Gasteiger partial charge in [-0.2, -0.15) is 13.2 Å². The molecule has 0 radical (unpaired) electrons. The highest BCUT2D eigenvalue weighted by Crippen LogP contribution is 2.29. The lowest BCUT2D eigenvalue weighted by Gasteiger charge is -2.14. The van der Waals surface area contributed by atoms with E-state index in [1.165, 1.54) is 24.3 Å². The summed E-state index contributed by atoms with van der Waals surface area (Å²) in [5, 5.41) is 0.474. The van der Waals surface area contributed by atoms with Gasteiger partial charge in [-0.15, -0.1) is 0 Å². The minimum atomic E-state index is -4.57. The maximum absolute atomic E-state index is 13.1. The summed E-state index contributed by atoms with van der Waals surface area (Å²) in [6, 6.07) is 14.0. The summed E-state index contributed by atoms with van der Waals surface area (Å²) in [5.41, 5.74) is 0.658. The first-order valence-electron chi connectivity index (χ1n) is 6.78. The third-order valence-electron chi connectivity index (χ3n) is 3.12. The number of rotatable bonds is 3. The zero-order chi connectivity index (χ0) is 16.9. The Kier molecular flexibility index (Phi) is 5.46. The molecule has 0 aromatic heterocycles. The van der Waals surface area contributed by atoms with E-state index >= 15 is 0 Å². The molecule has 0 N–H and O–H groups in total. The molecule has 0 aliphatic heterocycles. The van der Waals surface area contributed by atoms with Crippen molar-refractivity contribution < 1.29 is 18.0 Å². The van der Waals surface area contributed by atoms with Crippen LogP contribution in [0.1, 0.15) is 22.3 Å². The lowest BCUT2D eigenvalue weighted by molar-refractivity contribution is -0.157. The molecule has 0 heterocycles. The fourth-order valence-corrected chi connectivity index (χ4v) is 2.01. The predicted molar refractivity (Wildman–Crippen MR) is 83.3 cm³/mol. The average molecular weight is 337 g/mol. The van der Waals surface area contributed by atoms with Crippen molar-refractivity contribution in [1.82, 2.24) is 0 Å². The van der Waals surface area contributed by atoms with Crippen LogP contribution in [0, 0.1) is 17.8 Å². The lowest BCUT2D eigenvalue weighted by Crippen LogP contribution is -2.24. The van der Waals surface area contributed by atoms with Crippen LogP contribution in [-0.4, -0.2) is 12.0 Å². The van der Waals surface area contributed by atoms with Crippen LogP contribution in [0.25, 0.3) is 0 Å². The van der Waals surface area contributed by atoms with Crippen LogP contribution in [0.5, 0.6) is 0 Å². The zero-order valence-electron chi connectivity index (χ0n) is 11.9. The van der Waals surface area contributed by atoms with Crippen LogP contribution >= 0.6 is 11.6 Å². The van der Waals surface area contributed by atoms with Crippen LogP contribution in [0.2, 0.25) is 5.02 Å². The van der Waals surface area contributed by atoms with E-state index in [4.69, 9.17) is 11.6 Å². The van der Waals surface area contributed by atoms with E-state index < -0.39 is 24.3 Å². The number of ketones is 1. The van der Waals surface area contributed by atoms with Crippen molar-refractivity contribution in [3.8, 4) is 11.8 Å². The standard InChI is InChI=1S/C18H12ClF3O/c19-16-10-7-13(8-11-16)6-9-15(18(20,21)22)12-17(23)14-4-2-1-3-5-14/h1-5,7-8,10-11,15H,12H2/t15-/m1/s1. The number of carbonyl (C=O) groups is 1. The normalized spacial score (nSPS) is 12.2. The lowest BCUT2D eigenvalue weighted by atomic mass is 9.97. The Morgan fingerprint density at radius 2 is 1.65 bits per heavy atom. The number of alkyl halides is 3. The molecule has 0 fully saturated rings. The van der Waals surface area contributed by atoms with Crippen molar-refractivity contribution >= 4 is 17.4 Å². The Morgan fingerprint density at radius 1 is 1.04 bits per heavy atom. The number of Topliss-reactive ketones (excluding diaryl/α,β-unsaturated/α-hetero) is 1. The van der Waals surface area contributed by atoms with Gasteiger partial charge in [0.15, 0.2) is 5.78 Å². The molecule has 0 aliphatic carbocycles. The molecule has 5 heteroatoms. The molecule has 0 amide bonds. The van der Waals surface area contributed by atoms with E-state index in [9.17, 15) is 18.0 Å². The largest absolute Gasteiger partial charge is 0.402 e. The minimum Gasteiger partial charge on any atom is -0.294 e. The van der Waals surface area contributed by atoms with E-state index in [0.29, 0.717) is 10.6 Å². The molecule has 1 nitrogen and oxygen atoms in total. The summed E-state index contributed by atoms with van der Waals surface area (Å²) in [4.78, 5) is 12.0. The number of hydrogen-bond acceptors (Lipinski definition) is 1. The van der Waals surface area contributed by atoms with Gasteiger partial charge in [0.2, 0.25) is 0 Å². The third kappa shape index (κ3) is 5.15. The van der Waals surface area contributed by atoms with Crippen LogP contribution in [-0.2, 0) is 0 Å². The van der Waals surface area contributed by atoms with Crippen molar-refractivity contribution in [3.63, 3.8) is 0 Å². The highest BCUT2D eigenvalue weighted by molar-refractivity contribution is 6.30. The highest BCUT2D eigenvalue weighted by Gasteiger charge is 2.39. The van der Waals surface area contributed by atoms with Crippen LogP contribution in [0.4, 0.5) is 13.2 Å². The van der Waals surface area contributed by atoms with Crippen molar-refractivity contribution in [2.45, 2.75) is 12.6 Å². The Balaban J connectivity index is 2.19. The van der Waals surface area contributed by atoms with E-state index in [1.807, 2.05) is 0 Å². The van der Waals surface area contributed by atoms with Crippen molar-refractivity contribution in [3.05, 3.63) is 70.7 Å². The Hall–Kier alpha value is -2.25. The van der Waals surface area contributed by atoms with E-state index in [1.54, 1.807) is 30.3 Å². The second-order valence-electron chi connectivity index (χ2n) is 4.86. The molecule has 2 rings (SSSR count). The van der Waals surface area contributed by atoms with Gasteiger partial charge in [-0.3, -0.25) is 4.79 Å². The minimum absolute atomic E-state index is 0.245. The number of hydrogen-bond donors (Lipinski definition) is 0. The summed E-state index contributed by atoms with van der Waals surface area (Å²) < 4.78 is 39.3. The molecule has 0 saturated heterocycles. The molecular weight excluding hydrogens is 325 g/mol. The first-order valence-corrected chi connectivity index (χ1v) is 7.16. The van der Waals surface area contributed by atoms with Crippen LogP contribution in [0.3, 0.4) is 0 Å². The molecule has 0 spiro atoms. The number of halogens is 4. The summed E-state index contributed by atoms with van der Waals surface area (Å²) in [7, 11) is 0. The quantitative estimate of drug-likeness (QED) is 0.560. The Bertz CT molecular complexity index is 725. The summed E-state index contributed by atoms with van der Waals surface area (Å²) in [6.07, 6.45) is -5.27. The number of carbonyl (C=O) groups excluding carboxylic acids is 1. The molecule has 0 saturated carbocycles. The molecule has 0 unspecified atom stereocenters. The van der Waals surface area contributed by atoms with Gasteiger partial charge in [-0.25, -0.2) is 0 Å². The van der Waals surface area contributed by atoms with E-state index in [0.717, 1.165) is 0 Å². The molecule has 1 atom stereocenters. The van der Waals surface area contributed by atoms with Gasteiger partial charge in [0.25, 0.3) is 0 Å². The molecular formula is C18H12ClF3O. The predicted octanol–water partition coefficient (Wildman–Crippen LogP) is 5.14.